The van der Waals surface area contributed by atoms with Crippen LogP contribution in [0.3, 0.4) is 0 Å². The van der Waals surface area contributed by atoms with Gasteiger partial charge in [0.15, 0.2) is 0 Å². The summed E-state index contributed by atoms with van der Waals surface area (Å²) in [4.78, 5) is 14.8. The lowest BCUT2D eigenvalue weighted by molar-refractivity contribution is -0.126. The van der Waals surface area contributed by atoms with Crippen molar-refractivity contribution in [1.82, 2.24) is 13.9 Å². The van der Waals surface area contributed by atoms with Crippen LogP contribution in [-0.4, -0.2) is 63.2 Å². The SMILES string of the molecule is CCN(CC)c1ccc(CNC(=O)C2CCCN(S(=O)(=O)N(C)C)C2)cc1. The van der Waals surface area contributed by atoms with Gasteiger partial charge in [0.05, 0.1) is 5.92 Å². The fraction of sp³-hybridized carbons (Fsp3) is 0.632. The van der Waals surface area contributed by atoms with E-state index in [2.05, 4.69) is 36.2 Å². The summed E-state index contributed by atoms with van der Waals surface area (Å²) in [5.74, 6) is -0.384. The van der Waals surface area contributed by atoms with Crippen LogP contribution in [0, 0.1) is 5.92 Å². The lowest BCUT2D eigenvalue weighted by atomic mass is 9.99. The first-order valence-corrected chi connectivity index (χ1v) is 11.0. The largest absolute Gasteiger partial charge is 0.372 e. The zero-order chi connectivity index (χ0) is 20.0. The highest BCUT2D eigenvalue weighted by Crippen LogP contribution is 2.21. The highest BCUT2D eigenvalue weighted by Gasteiger charge is 2.33. The van der Waals surface area contributed by atoms with Crippen LogP contribution in [0.1, 0.15) is 32.3 Å². The van der Waals surface area contributed by atoms with Gasteiger partial charge in [0, 0.05) is 52.5 Å². The van der Waals surface area contributed by atoms with E-state index in [1.54, 1.807) is 0 Å². The third kappa shape index (κ3) is 5.43. The number of amides is 1. The van der Waals surface area contributed by atoms with Gasteiger partial charge in [0.2, 0.25) is 5.91 Å². The molecule has 0 radical (unpaired) electrons. The zero-order valence-electron chi connectivity index (χ0n) is 16.8. The number of benzene rings is 1. The zero-order valence-corrected chi connectivity index (χ0v) is 17.6. The van der Waals surface area contributed by atoms with Gasteiger partial charge in [-0.1, -0.05) is 12.1 Å². The predicted octanol–water partition coefficient (Wildman–Crippen LogP) is 1.67. The molecular formula is C19H32N4O3S. The molecule has 1 aliphatic heterocycles. The summed E-state index contributed by atoms with van der Waals surface area (Å²) in [5.41, 5.74) is 2.21. The molecule has 1 unspecified atom stereocenters. The molecule has 2 rings (SSSR count). The number of carbonyl (C=O) groups excluding carboxylic acids is 1. The second-order valence-electron chi connectivity index (χ2n) is 7.04. The number of hydrogen-bond donors (Lipinski definition) is 1. The summed E-state index contributed by atoms with van der Waals surface area (Å²) in [7, 11) is -0.440. The van der Waals surface area contributed by atoms with E-state index >= 15 is 0 Å². The Hall–Kier alpha value is -1.64. The molecule has 0 aromatic heterocycles. The quantitative estimate of drug-likeness (QED) is 0.725. The fourth-order valence-electron chi connectivity index (χ4n) is 3.34. The topological polar surface area (TPSA) is 73.0 Å². The van der Waals surface area contributed by atoms with Crippen molar-refractivity contribution in [1.29, 1.82) is 0 Å². The van der Waals surface area contributed by atoms with Crippen LogP contribution in [0.25, 0.3) is 0 Å². The second kappa shape index (κ2) is 9.52. The van der Waals surface area contributed by atoms with E-state index in [0.717, 1.165) is 18.7 Å². The molecule has 1 amide bonds. The standard InChI is InChI=1S/C19H32N4O3S/c1-5-22(6-2)18-11-9-16(10-12-18)14-20-19(24)17-8-7-13-23(15-17)27(25,26)21(3)4/h9-12,17H,5-8,13-15H2,1-4H3,(H,20,24). The first kappa shape index (κ1) is 21.7. The average Bonchev–Trinajstić information content (AvgIpc) is 2.68. The minimum absolute atomic E-state index is 0.0820. The summed E-state index contributed by atoms with van der Waals surface area (Å²) >= 11 is 0. The van der Waals surface area contributed by atoms with Gasteiger partial charge in [0.25, 0.3) is 10.2 Å². The van der Waals surface area contributed by atoms with Crippen molar-refractivity contribution in [3.05, 3.63) is 29.8 Å². The van der Waals surface area contributed by atoms with Gasteiger partial charge in [-0.05, 0) is 44.4 Å². The lowest BCUT2D eigenvalue weighted by Gasteiger charge is -2.32. The van der Waals surface area contributed by atoms with Crippen molar-refractivity contribution in [2.24, 2.45) is 5.92 Å². The van der Waals surface area contributed by atoms with Gasteiger partial charge < -0.3 is 10.2 Å². The molecule has 27 heavy (non-hydrogen) atoms. The molecule has 1 aromatic rings. The molecule has 1 atom stereocenters. The Morgan fingerprint density at radius 1 is 1.19 bits per heavy atom. The highest BCUT2D eigenvalue weighted by molar-refractivity contribution is 7.86. The lowest BCUT2D eigenvalue weighted by Crippen LogP contribution is -2.48. The van der Waals surface area contributed by atoms with Crippen molar-refractivity contribution >= 4 is 21.8 Å². The van der Waals surface area contributed by atoms with E-state index in [-0.39, 0.29) is 18.4 Å². The van der Waals surface area contributed by atoms with E-state index in [0.29, 0.717) is 25.9 Å². The number of rotatable bonds is 8. The van der Waals surface area contributed by atoms with Gasteiger partial charge in [-0.2, -0.15) is 17.0 Å². The van der Waals surface area contributed by atoms with E-state index in [1.165, 1.54) is 28.4 Å². The molecule has 8 heteroatoms. The Labute approximate surface area is 163 Å². The molecule has 0 aliphatic carbocycles. The molecule has 1 heterocycles. The molecule has 0 spiro atoms. The summed E-state index contributed by atoms with van der Waals surface area (Å²) in [5, 5.41) is 2.96. The molecule has 1 aliphatic rings. The summed E-state index contributed by atoms with van der Waals surface area (Å²) in [6, 6.07) is 8.19. The first-order valence-electron chi connectivity index (χ1n) is 9.58. The Bertz CT molecular complexity index is 715. The van der Waals surface area contributed by atoms with Crippen LogP contribution < -0.4 is 10.2 Å². The smallest absolute Gasteiger partial charge is 0.281 e. The molecule has 0 bridgehead atoms. The van der Waals surface area contributed by atoms with Crippen molar-refractivity contribution in [2.75, 3.05) is 45.2 Å². The van der Waals surface area contributed by atoms with Gasteiger partial charge in [-0.3, -0.25) is 4.79 Å². The fourth-order valence-corrected chi connectivity index (χ4v) is 4.53. The Balaban J connectivity index is 1.91. The maximum absolute atomic E-state index is 12.5. The minimum atomic E-state index is -3.47. The Kier molecular flexibility index (Phi) is 7.64. The molecule has 152 valence electrons. The average molecular weight is 397 g/mol. The number of nitrogens with zero attached hydrogens (tertiary/aromatic N) is 3. The monoisotopic (exact) mass is 396 g/mol. The number of nitrogens with one attached hydrogen (secondary N) is 1. The number of piperidine rings is 1. The third-order valence-corrected chi connectivity index (χ3v) is 6.98. The van der Waals surface area contributed by atoms with Gasteiger partial charge >= 0.3 is 0 Å². The molecule has 7 nitrogen and oxygen atoms in total. The number of carbonyl (C=O) groups is 1. The van der Waals surface area contributed by atoms with E-state index in [1.807, 2.05) is 12.1 Å². The van der Waals surface area contributed by atoms with Crippen LogP contribution in [0.4, 0.5) is 5.69 Å². The summed E-state index contributed by atoms with van der Waals surface area (Å²) < 4.78 is 27.2. The Morgan fingerprint density at radius 3 is 2.37 bits per heavy atom. The maximum atomic E-state index is 12.5. The van der Waals surface area contributed by atoms with E-state index in [4.69, 9.17) is 0 Å². The molecule has 1 aromatic carbocycles. The molecule has 1 fully saturated rings. The van der Waals surface area contributed by atoms with Gasteiger partial charge in [-0.25, -0.2) is 0 Å². The highest BCUT2D eigenvalue weighted by atomic mass is 32.2. The molecule has 1 saturated heterocycles. The number of anilines is 1. The third-order valence-electron chi connectivity index (χ3n) is 5.07. The van der Waals surface area contributed by atoms with Crippen molar-refractivity contribution < 1.29 is 13.2 Å². The Morgan fingerprint density at radius 2 is 1.81 bits per heavy atom. The van der Waals surface area contributed by atoms with Crippen molar-refractivity contribution in [2.45, 2.75) is 33.2 Å². The maximum Gasteiger partial charge on any atom is 0.281 e. The molecule has 1 N–H and O–H groups in total. The van der Waals surface area contributed by atoms with E-state index in [9.17, 15) is 13.2 Å². The van der Waals surface area contributed by atoms with Crippen molar-refractivity contribution in [3.8, 4) is 0 Å². The van der Waals surface area contributed by atoms with E-state index < -0.39 is 10.2 Å². The second-order valence-corrected chi connectivity index (χ2v) is 9.19. The van der Waals surface area contributed by atoms with Crippen LogP contribution in [0.5, 0.6) is 0 Å². The molecule has 0 saturated carbocycles. The minimum Gasteiger partial charge on any atom is -0.372 e. The van der Waals surface area contributed by atoms with Crippen molar-refractivity contribution in [3.63, 3.8) is 0 Å². The van der Waals surface area contributed by atoms with Gasteiger partial charge in [-0.15, -0.1) is 0 Å². The molecular weight excluding hydrogens is 364 g/mol. The normalized spacial score (nSPS) is 18.5. The summed E-state index contributed by atoms with van der Waals surface area (Å²) in [6.07, 6.45) is 1.41. The van der Waals surface area contributed by atoms with Crippen LogP contribution in [-0.2, 0) is 21.5 Å². The predicted molar refractivity (Wildman–Crippen MR) is 109 cm³/mol. The first-order chi connectivity index (χ1) is 12.8. The van der Waals surface area contributed by atoms with Gasteiger partial charge in [0.1, 0.15) is 0 Å². The number of hydrogen-bond acceptors (Lipinski definition) is 4. The van der Waals surface area contributed by atoms with Crippen LogP contribution in [0.2, 0.25) is 0 Å². The van der Waals surface area contributed by atoms with Crippen LogP contribution >= 0.6 is 0 Å². The summed E-state index contributed by atoms with van der Waals surface area (Å²) in [6.45, 7) is 7.34. The van der Waals surface area contributed by atoms with Crippen LogP contribution in [0.15, 0.2) is 24.3 Å².